The number of halogens is 1. The van der Waals surface area contributed by atoms with Gasteiger partial charge in [-0.1, -0.05) is 0 Å². The van der Waals surface area contributed by atoms with Gasteiger partial charge in [0, 0.05) is 32.8 Å². The van der Waals surface area contributed by atoms with Crippen LogP contribution in [0.5, 0.6) is 0 Å². The van der Waals surface area contributed by atoms with Crippen LogP contribution >= 0.6 is 0 Å². The van der Waals surface area contributed by atoms with E-state index in [2.05, 4.69) is 20.7 Å². The highest BCUT2D eigenvalue weighted by atomic mass is 19.1. The van der Waals surface area contributed by atoms with Crippen LogP contribution < -0.4 is 10.6 Å². The molecule has 7 nitrogen and oxygen atoms in total. The van der Waals surface area contributed by atoms with Gasteiger partial charge in [-0.15, -0.1) is 0 Å². The minimum absolute atomic E-state index is 0.192. The number of fused-ring (bicyclic) bond motifs is 1. The lowest BCUT2D eigenvalue weighted by Gasteiger charge is -2.22. The number of amides is 1. The summed E-state index contributed by atoms with van der Waals surface area (Å²) in [5.41, 5.74) is 1.92. The van der Waals surface area contributed by atoms with E-state index in [1.165, 1.54) is 12.1 Å². The highest BCUT2D eigenvalue weighted by Gasteiger charge is 2.17. The van der Waals surface area contributed by atoms with Crippen LogP contribution in [0.25, 0.3) is 11.0 Å². The molecule has 2 aromatic heterocycles. The predicted octanol–water partition coefficient (Wildman–Crippen LogP) is 1.81. The Bertz CT molecular complexity index is 956. The Morgan fingerprint density at radius 1 is 1.41 bits per heavy atom. The van der Waals surface area contributed by atoms with Gasteiger partial charge in [-0.05, 0) is 43.7 Å². The zero-order valence-corrected chi connectivity index (χ0v) is 15.3. The summed E-state index contributed by atoms with van der Waals surface area (Å²) in [7, 11) is 1.85. The summed E-state index contributed by atoms with van der Waals surface area (Å²) < 4.78 is 17.1. The average Bonchev–Trinajstić information content (AvgIpc) is 3.29. The van der Waals surface area contributed by atoms with Crippen LogP contribution in [-0.4, -0.2) is 44.9 Å². The van der Waals surface area contributed by atoms with Crippen molar-refractivity contribution in [2.24, 2.45) is 7.05 Å². The molecule has 2 N–H and O–H groups in total. The lowest BCUT2D eigenvalue weighted by molar-refractivity contribution is 0.0947. The first-order valence-electron chi connectivity index (χ1n) is 9.27. The second kappa shape index (κ2) is 7.48. The fourth-order valence-corrected chi connectivity index (χ4v) is 3.54. The zero-order chi connectivity index (χ0) is 18.8. The molecule has 1 aromatic carbocycles. The van der Waals surface area contributed by atoms with Gasteiger partial charge in [0.25, 0.3) is 5.91 Å². The van der Waals surface area contributed by atoms with Gasteiger partial charge in [0.05, 0.1) is 17.1 Å². The second-order valence-electron chi connectivity index (χ2n) is 6.91. The second-order valence-corrected chi connectivity index (χ2v) is 6.91. The topological polar surface area (TPSA) is 76.8 Å². The molecule has 3 heterocycles. The fourth-order valence-electron chi connectivity index (χ4n) is 3.54. The van der Waals surface area contributed by atoms with Crippen molar-refractivity contribution in [1.82, 2.24) is 30.0 Å². The van der Waals surface area contributed by atoms with Gasteiger partial charge >= 0.3 is 0 Å². The molecule has 0 bridgehead atoms. The number of nitrogens with zero attached hydrogens (tertiary/aromatic N) is 4. The normalized spacial score (nSPS) is 17.3. The fraction of sp³-hybridized carbons (Fsp3) is 0.421. The molecule has 0 saturated carbocycles. The summed E-state index contributed by atoms with van der Waals surface area (Å²) in [6, 6.07) is 6.60. The third kappa shape index (κ3) is 3.71. The van der Waals surface area contributed by atoms with Crippen molar-refractivity contribution in [2.75, 3.05) is 19.6 Å². The Morgan fingerprint density at radius 2 is 2.30 bits per heavy atom. The van der Waals surface area contributed by atoms with E-state index in [4.69, 9.17) is 0 Å². The van der Waals surface area contributed by atoms with Crippen LogP contribution in [0.15, 0.2) is 30.5 Å². The van der Waals surface area contributed by atoms with Crippen molar-refractivity contribution >= 4 is 16.9 Å². The van der Waals surface area contributed by atoms with Crippen LogP contribution in [0.2, 0.25) is 0 Å². The largest absolute Gasteiger partial charge is 0.350 e. The summed E-state index contributed by atoms with van der Waals surface area (Å²) in [5, 5.41) is 10.7. The number of carbonyl (C=O) groups is 1. The number of hydrogen-bond acceptors (Lipinski definition) is 4. The van der Waals surface area contributed by atoms with Crippen LogP contribution in [0.3, 0.4) is 0 Å². The SMILES string of the molecule is Cn1c(CCNC(=O)c2ccn(C3CCCNC3)n2)nc2ccc(F)cc21. The standard InChI is InChI=1S/C19H23FN6O/c1-25-17-11-13(20)4-5-15(17)23-18(25)6-9-22-19(27)16-7-10-26(24-16)14-3-2-8-21-12-14/h4-5,7,10-11,14,21H,2-3,6,8-9,12H2,1H3,(H,22,27). The number of imidazole rings is 1. The number of benzene rings is 1. The first-order valence-corrected chi connectivity index (χ1v) is 9.27. The van der Waals surface area contributed by atoms with Crippen molar-refractivity contribution in [1.29, 1.82) is 0 Å². The minimum atomic E-state index is -0.283. The third-order valence-electron chi connectivity index (χ3n) is 5.06. The first-order chi connectivity index (χ1) is 13.1. The molecule has 1 saturated heterocycles. The van der Waals surface area contributed by atoms with Gasteiger partial charge in [0.15, 0.2) is 0 Å². The zero-order valence-electron chi connectivity index (χ0n) is 15.3. The molecule has 1 atom stereocenters. The molecule has 3 aromatic rings. The average molecular weight is 370 g/mol. The lowest BCUT2D eigenvalue weighted by Crippen LogP contribution is -2.32. The molecule has 1 amide bonds. The van der Waals surface area contributed by atoms with Gasteiger partial charge in [0.1, 0.15) is 17.3 Å². The molecule has 1 unspecified atom stereocenters. The maximum Gasteiger partial charge on any atom is 0.271 e. The first kappa shape index (κ1) is 17.7. The van der Waals surface area contributed by atoms with Gasteiger partial charge in [-0.2, -0.15) is 5.10 Å². The number of hydrogen-bond donors (Lipinski definition) is 2. The van der Waals surface area contributed by atoms with E-state index in [-0.39, 0.29) is 11.7 Å². The van der Waals surface area contributed by atoms with Crippen molar-refractivity contribution in [3.8, 4) is 0 Å². The Morgan fingerprint density at radius 3 is 3.11 bits per heavy atom. The molecule has 0 aliphatic carbocycles. The van der Waals surface area contributed by atoms with Crippen molar-refractivity contribution in [2.45, 2.75) is 25.3 Å². The van der Waals surface area contributed by atoms with Crippen LogP contribution in [0.4, 0.5) is 4.39 Å². The molecule has 1 aliphatic rings. The number of aryl methyl sites for hydroxylation is 1. The summed E-state index contributed by atoms with van der Waals surface area (Å²) in [6.45, 7) is 2.37. The monoisotopic (exact) mass is 370 g/mol. The van der Waals surface area contributed by atoms with Crippen molar-refractivity contribution in [3.63, 3.8) is 0 Å². The van der Waals surface area contributed by atoms with E-state index in [0.29, 0.717) is 24.7 Å². The van der Waals surface area contributed by atoms with E-state index in [0.717, 1.165) is 42.8 Å². The van der Waals surface area contributed by atoms with Gasteiger partial charge in [0.2, 0.25) is 0 Å². The quantitative estimate of drug-likeness (QED) is 0.718. The van der Waals surface area contributed by atoms with Crippen LogP contribution in [-0.2, 0) is 13.5 Å². The van der Waals surface area contributed by atoms with E-state index >= 15 is 0 Å². The Labute approximate surface area is 156 Å². The van der Waals surface area contributed by atoms with E-state index in [1.807, 2.05) is 22.5 Å². The Balaban J connectivity index is 1.36. The maximum absolute atomic E-state index is 13.4. The lowest BCUT2D eigenvalue weighted by atomic mass is 10.1. The maximum atomic E-state index is 13.4. The van der Waals surface area contributed by atoms with E-state index in [1.54, 1.807) is 12.1 Å². The number of piperidine rings is 1. The Kier molecular flexibility index (Phi) is 4.89. The van der Waals surface area contributed by atoms with Gasteiger partial charge < -0.3 is 15.2 Å². The third-order valence-corrected chi connectivity index (χ3v) is 5.06. The smallest absolute Gasteiger partial charge is 0.271 e. The summed E-state index contributed by atoms with van der Waals surface area (Å²) in [4.78, 5) is 16.9. The minimum Gasteiger partial charge on any atom is -0.350 e. The molecule has 4 rings (SSSR count). The van der Waals surface area contributed by atoms with Crippen molar-refractivity contribution in [3.05, 3.63) is 47.8 Å². The van der Waals surface area contributed by atoms with Crippen LogP contribution in [0.1, 0.15) is 35.2 Å². The van der Waals surface area contributed by atoms with Gasteiger partial charge in [-0.3, -0.25) is 9.48 Å². The molecular weight excluding hydrogens is 347 g/mol. The van der Waals surface area contributed by atoms with Crippen LogP contribution in [0, 0.1) is 5.82 Å². The molecular formula is C19H23FN6O. The molecule has 1 fully saturated rings. The number of aromatic nitrogens is 4. The summed E-state index contributed by atoms with van der Waals surface area (Å²) in [5.74, 6) is 0.325. The summed E-state index contributed by atoms with van der Waals surface area (Å²) >= 11 is 0. The number of carbonyl (C=O) groups excluding carboxylic acids is 1. The number of rotatable bonds is 5. The van der Waals surface area contributed by atoms with E-state index < -0.39 is 0 Å². The number of nitrogens with one attached hydrogen (secondary N) is 2. The molecule has 0 spiro atoms. The molecule has 1 aliphatic heterocycles. The summed E-state index contributed by atoms with van der Waals surface area (Å²) in [6.07, 6.45) is 4.62. The highest BCUT2D eigenvalue weighted by Crippen LogP contribution is 2.17. The van der Waals surface area contributed by atoms with Crippen molar-refractivity contribution < 1.29 is 9.18 Å². The molecule has 142 valence electrons. The van der Waals surface area contributed by atoms with Gasteiger partial charge in [-0.25, -0.2) is 9.37 Å². The highest BCUT2D eigenvalue weighted by molar-refractivity contribution is 5.92. The van der Waals surface area contributed by atoms with E-state index in [9.17, 15) is 9.18 Å². The molecule has 8 heteroatoms. The predicted molar refractivity (Wildman–Crippen MR) is 100 cm³/mol. The molecule has 27 heavy (non-hydrogen) atoms. The molecule has 0 radical (unpaired) electrons. The Hall–Kier alpha value is -2.74.